The van der Waals surface area contributed by atoms with Crippen molar-refractivity contribution in [2.75, 3.05) is 6.61 Å². The van der Waals surface area contributed by atoms with Gasteiger partial charge in [0.25, 0.3) is 0 Å². The predicted octanol–water partition coefficient (Wildman–Crippen LogP) is 1.71. The lowest BCUT2D eigenvalue weighted by Gasteiger charge is -2.17. The molecule has 1 fully saturated rings. The summed E-state index contributed by atoms with van der Waals surface area (Å²) in [5.41, 5.74) is -0.355. The first-order valence-corrected chi connectivity index (χ1v) is 3.52. The summed E-state index contributed by atoms with van der Waals surface area (Å²) in [7, 11) is 0. The van der Waals surface area contributed by atoms with Crippen LogP contribution < -0.4 is 0 Å². The highest BCUT2D eigenvalue weighted by Gasteiger charge is 2.36. The molecule has 1 aliphatic rings. The minimum Gasteiger partial charge on any atom is -0.430 e. The Kier molecular flexibility index (Phi) is 1.83. The fraction of sp³-hybridized carbons (Fsp3) is 0.857. The molecule has 1 saturated heterocycles. The molecule has 0 aromatic rings. The molecule has 0 aromatic carbocycles. The third-order valence-electron chi connectivity index (χ3n) is 1.60. The molecular formula is C7H12O3. The van der Waals surface area contributed by atoms with Crippen LogP contribution in [0.4, 0.5) is 4.79 Å². The Morgan fingerprint density at radius 2 is 2.40 bits per heavy atom. The molecule has 0 spiro atoms. The number of rotatable bonds is 2. The summed E-state index contributed by atoms with van der Waals surface area (Å²) in [5.74, 6) is 0. The topological polar surface area (TPSA) is 35.5 Å². The zero-order chi connectivity index (χ0) is 7.61. The Hall–Kier alpha value is -0.730. The van der Waals surface area contributed by atoms with Gasteiger partial charge < -0.3 is 9.47 Å². The first-order chi connectivity index (χ1) is 4.66. The zero-order valence-electron chi connectivity index (χ0n) is 6.35. The Morgan fingerprint density at radius 1 is 1.70 bits per heavy atom. The van der Waals surface area contributed by atoms with E-state index in [9.17, 15) is 4.79 Å². The van der Waals surface area contributed by atoms with Crippen LogP contribution in [0.1, 0.15) is 26.7 Å². The maximum Gasteiger partial charge on any atom is 0.509 e. The van der Waals surface area contributed by atoms with Crippen molar-refractivity contribution in [1.82, 2.24) is 0 Å². The maximum absolute atomic E-state index is 10.5. The van der Waals surface area contributed by atoms with E-state index in [4.69, 9.17) is 4.74 Å². The van der Waals surface area contributed by atoms with E-state index in [0.717, 1.165) is 12.8 Å². The Balaban J connectivity index is 2.46. The van der Waals surface area contributed by atoms with E-state index < -0.39 is 6.16 Å². The molecule has 3 heteroatoms. The number of carbonyl (C=O) groups excluding carboxylic acids is 1. The van der Waals surface area contributed by atoms with Crippen LogP contribution in [0.3, 0.4) is 0 Å². The number of hydrogen-bond donors (Lipinski definition) is 0. The second-order valence-electron chi connectivity index (χ2n) is 2.84. The number of hydrogen-bond acceptors (Lipinski definition) is 3. The lowest BCUT2D eigenvalue weighted by atomic mass is 10.0. The van der Waals surface area contributed by atoms with E-state index >= 15 is 0 Å². The summed E-state index contributed by atoms with van der Waals surface area (Å²) in [6.07, 6.45) is 1.35. The van der Waals surface area contributed by atoms with Crippen LogP contribution in [0.15, 0.2) is 0 Å². The lowest BCUT2D eigenvalue weighted by Crippen LogP contribution is -2.26. The fourth-order valence-corrected chi connectivity index (χ4v) is 1.12. The first-order valence-electron chi connectivity index (χ1n) is 3.52. The molecule has 0 aromatic heterocycles. The van der Waals surface area contributed by atoms with Crippen molar-refractivity contribution >= 4 is 6.16 Å². The molecule has 1 unspecified atom stereocenters. The number of cyclic esters (lactones) is 2. The van der Waals surface area contributed by atoms with Gasteiger partial charge in [-0.1, -0.05) is 13.3 Å². The molecule has 3 nitrogen and oxygen atoms in total. The van der Waals surface area contributed by atoms with Crippen molar-refractivity contribution in [1.29, 1.82) is 0 Å². The molecule has 1 rings (SSSR count). The van der Waals surface area contributed by atoms with Crippen molar-refractivity contribution in [3.63, 3.8) is 0 Å². The largest absolute Gasteiger partial charge is 0.509 e. The minimum atomic E-state index is -0.532. The molecule has 0 N–H and O–H groups in total. The summed E-state index contributed by atoms with van der Waals surface area (Å²) >= 11 is 0. The second kappa shape index (κ2) is 2.48. The van der Waals surface area contributed by atoms with E-state index in [0.29, 0.717) is 6.61 Å². The molecular weight excluding hydrogens is 132 g/mol. The third kappa shape index (κ3) is 1.40. The van der Waals surface area contributed by atoms with E-state index in [-0.39, 0.29) is 5.60 Å². The van der Waals surface area contributed by atoms with Gasteiger partial charge in [-0.15, -0.1) is 0 Å². The Morgan fingerprint density at radius 3 is 2.80 bits per heavy atom. The molecule has 0 aliphatic carbocycles. The molecule has 0 radical (unpaired) electrons. The van der Waals surface area contributed by atoms with Gasteiger partial charge in [0.1, 0.15) is 12.2 Å². The van der Waals surface area contributed by atoms with Crippen LogP contribution in [-0.4, -0.2) is 18.4 Å². The van der Waals surface area contributed by atoms with Gasteiger partial charge in [-0.05, 0) is 13.3 Å². The molecule has 1 heterocycles. The zero-order valence-corrected chi connectivity index (χ0v) is 6.35. The van der Waals surface area contributed by atoms with Crippen molar-refractivity contribution in [3.8, 4) is 0 Å². The summed E-state index contributed by atoms with van der Waals surface area (Å²) in [6.45, 7) is 4.35. The van der Waals surface area contributed by atoms with Crippen LogP contribution in [0.2, 0.25) is 0 Å². The van der Waals surface area contributed by atoms with E-state index in [1.807, 2.05) is 6.92 Å². The number of ether oxygens (including phenoxy) is 2. The molecule has 58 valence electrons. The molecule has 1 atom stereocenters. The minimum absolute atomic E-state index is 0.355. The van der Waals surface area contributed by atoms with Crippen molar-refractivity contribution in [2.45, 2.75) is 32.3 Å². The quantitative estimate of drug-likeness (QED) is 0.553. The highest BCUT2D eigenvalue weighted by molar-refractivity contribution is 5.62. The van der Waals surface area contributed by atoms with Crippen LogP contribution in [0.5, 0.6) is 0 Å². The van der Waals surface area contributed by atoms with Crippen LogP contribution in [0.25, 0.3) is 0 Å². The van der Waals surface area contributed by atoms with Crippen molar-refractivity contribution in [3.05, 3.63) is 0 Å². The predicted molar refractivity (Wildman–Crippen MR) is 35.7 cm³/mol. The monoisotopic (exact) mass is 144 g/mol. The van der Waals surface area contributed by atoms with Gasteiger partial charge in [-0.2, -0.15) is 0 Å². The highest BCUT2D eigenvalue weighted by atomic mass is 16.8. The van der Waals surface area contributed by atoms with Crippen molar-refractivity contribution < 1.29 is 14.3 Å². The van der Waals surface area contributed by atoms with E-state index in [1.165, 1.54) is 0 Å². The standard InChI is InChI=1S/C7H12O3/c1-3-4-7(2)5-9-6(8)10-7/h3-5H2,1-2H3. The van der Waals surface area contributed by atoms with Gasteiger partial charge in [-0.3, -0.25) is 0 Å². The van der Waals surface area contributed by atoms with Crippen LogP contribution in [0, 0.1) is 0 Å². The molecule has 0 saturated carbocycles. The molecule has 0 bridgehead atoms. The third-order valence-corrected chi connectivity index (χ3v) is 1.60. The first kappa shape index (κ1) is 7.38. The summed E-state index contributed by atoms with van der Waals surface area (Å²) in [6, 6.07) is 0. The Labute approximate surface area is 60.3 Å². The summed E-state index contributed by atoms with van der Waals surface area (Å²) < 4.78 is 9.59. The summed E-state index contributed by atoms with van der Waals surface area (Å²) in [4.78, 5) is 10.5. The molecule has 0 amide bonds. The van der Waals surface area contributed by atoms with Gasteiger partial charge in [0.2, 0.25) is 0 Å². The highest BCUT2D eigenvalue weighted by Crippen LogP contribution is 2.24. The van der Waals surface area contributed by atoms with Gasteiger partial charge in [0.15, 0.2) is 0 Å². The van der Waals surface area contributed by atoms with Gasteiger partial charge in [0, 0.05) is 0 Å². The van der Waals surface area contributed by atoms with Crippen LogP contribution in [-0.2, 0) is 9.47 Å². The van der Waals surface area contributed by atoms with E-state index in [2.05, 4.69) is 11.7 Å². The van der Waals surface area contributed by atoms with E-state index in [1.54, 1.807) is 0 Å². The number of carbonyl (C=O) groups is 1. The second-order valence-corrected chi connectivity index (χ2v) is 2.84. The normalized spacial score (nSPS) is 31.6. The van der Waals surface area contributed by atoms with Gasteiger partial charge >= 0.3 is 6.16 Å². The summed E-state index contributed by atoms with van der Waals surface area (Å²) in [5, 5.41) is 0. The Bertz CT molecular complexity index is 144. The van der Waals surface area contributed by atoms with Crippen molar-refractivity contribution in [2.24, 2.45) is 0 Å². The molecule has 1 aliphatic heterocycles. The lowest BCUT2D eigenvalue weighted by molar-refractivity contribution is 0.0640. The fourth-order valence-electron chi connectivity index (χ4n) is 1.12. The van der Waals surface area contributed by atoms with Crippen LogP contribution >= 0.6 is 0 Å². The van der Waals surface area contributed by atoms with Gasteiger partial charge in [0.05, 0.1) is 0 Å². The SMILES string of the molecule is CCCC1(C)COC(=O)O1. The molecule has 10 heavy (non-hydrogen) atoms. The smallest absolute Gasteiger partial charge is 0.430 e. The average molecular weight is 144 g/mol. The maximum atomic E-state index is 10.5. The average Bonchev–Trinajstić information content (AvgIpc) is 2.12. The van der Waals surface area contributed by atoms with Gasteiger partial charge in [-0.25, -0.2) is 4.79 Å².